The van der Waals surface area contributed by atoms with E-state index in [1.165, 1.54) is 11.8 Å². The van der Waals surface area contributed by atoms with Crippen molar-refractivity contribution in [2.24, 2.45) is 0 Å². The van der Waals surface area contributed by atoms with Crippen molar-refractivity contribution in [3.05, 3.63) is 179 Å². The fraction of sp³-hybridized carbons (Fsp3) is 0.0250. The maximum atomic E-state index is 13.8. The largest absolute Gasteiger partial charge is 0.323 e. The van der Waals surface area contributed by atoms with Gasteiger partial charge < -0.3 is 16.0 Å². The second kappa shape index (κ2) is 15.3. The third-order valence-electron chi connectivity index (χ3n) is 7.47. The summed E-state index contributed by atoms with van der Waals surface area (Å²) in [5.41, 5.74) is 3.13. The predicted molar refractivity (Wildman–Crippen MR) is 196 cm³/mol. The first-order valence-electron chi connectivity index (χ1n) is 15.2. The highest BCUT2D eigenvalue weighted by atomic mass is 35.5. The van der Waals surface area contributed by atoms with Crippen molar-refractivity contribution >= 4 is 69.3 Å². The van der Waals surface area contributed by atoms with Crippen molar-refractivity contribution in [1.82, 2.24) is 5.32 Å². The molecule has 0 saturated heterocycles. The second-order valence-electron chi connectivity index (χ2n) is 10.8. The summed E-state index contributed by atoms with van der Waals surface area (Å²) in [6.07, 6.45) is 1.68. The van der Waals surface area contributed by atoms with Gasteiger partial charge in [-0.2, -0.15) is 0 Å². The number of thioether (sulfide) groups is 1. The third-order valence-corrected chi connectivity index (χ3v) is 9.05. The molecule has 0 heterocycles. The lowest BCUT2D eigenvalue weighted by Crippen LogP contribution is -2.30. The number of hydrogen-bond donors (Lipinski definition) is 3. The van der Waals surface area contributed by atoms with Crippen molar-refractivity contribution in [2.45, 2.75) is 10.1 Å². The fourth-order valence-corrected chi connectivity index (χ4v) is 6.38. The average molecular weight is 668 g/mol. The standard InChI is InChI=1S/C40H30ClN3O3S/c41-34-23-9-10-24-35(34)43-40(47)37(28-14-3-1-4-15-28)48-32-21-12-20-31(26-32)42-39(46)36(44-38(45)29-16-5-2-6-17-29)25-30-19-11-18-27-13-7-8-22-33(27)30/h1-26,37H,(H,42,46)(H,43,47)(H,44,45)/b36-25+. The van der Waals surface area contributed by atoms with Gasteiger partial charge >= 0.3 is 0 Å². The summed E-state index contributed by atoms with van der Waals surface area (Å²) in [4.78, 5) is 41.4. The van der Waals surface area contributed by atoms with Gasteiger partial charge in [0.2, 0.25) is 5.91 Å². The van der Waals surface area contributed by atoms with Crippen LogP contribution in [0.25, 0.3) is 16.8 Å². The van der Waals surface area contributed by atoms with Gasteiger partial charge in [0, 0.05) is 16.1 Å². The molecular formula is C40H30ClN3O3S. The minimum atomic E-state index is -0.611. The van der Waals surface area contributed by atoms with E-state index < -0.39 is 17.1 Å². The summed E-state index contributed by atoms with van der Waals surface area (Å²) >= 11 is 7.67. The van der Waals surface area contributed by atoms with Crippen LogP contribution in [0.1, 0.15) is 26.7 Å². The van der Waals surface area contributed by atoms with Gasteiger partial charge in [-0.3, -0.25) is 14.4 Å². The van der Waals surface area contributed by atoms with Crippen molar-refractivity contribution in [1.29, 1.82) is 0 Å². The highest BCUT2D eigenvalue weighted by molar-refractivity contribution is 8.00. The molecule has 0 aromatic heterocycles. The molecule has 0 aliphatic carbocycles. The number of fused-ring (bicyclic) bond motifs is 1. The van der Waals surface area contributed by atoms with E-state index in [1.54, 1.807) is 60.7 Å². The first-order chi connectivity index (χ1) is 23.4. The van der Waals surface area contributed by atoms with Crippen LogP contribution in [-0.2, 0) is 9.59 Å². The Morgan fingerprint density at radius 1 is 0.667 bits per heavy atom. The highest BCUT2D eigenvalue weighted by Gasteiger charge is 2.23. The lowest BCUT2D eigenvalue weighted by atomic mass is 10.0. The normalized spacial score (nSPS) is 11.8. The van der Waals surface area contributed by atoms with Crippen LogP contribution in [0.15, 0.2) is 162 Å². The molecule has 0 fully saturated rings. The monoisotopic (exact) mass is 667 g/mol. The van der Waals surface area contributed by atoms with Crippen molar-refractivity contribution in [2.75, 3.05) is 10.6 Å². The molecule has 0 spiro atoms. The molecule has 0 saturated carbocycles. The van der Waals surface area contributed by atoms with Gasteiger partial charge in [-0.1, -0.05) is 121 Å². The van der Waals surface area contributed by atoms with E-state index in [1.807, 2.05) is 97.1 Å². The minimum Gasteiger partial charge on any atom is -0.323 e. The Bertz CT molecular complexity index is 2110. The van der Waals surface area contributed by atoms with Crippen LogP contribution in [0, 0.1) is 0 Å². The number of para-hydroxylation sites is 1. The Morgan fingerprint density at radius 3 is 2.12 bits per heavy atom. The zero-order chi connectivity index (χ0) is 33.3. The zero-order valence-corrected chi connectivity index (χ0v) is 27.2. The number of amides is 3. The highest BCUT2D eigenvalue weighted by Crippen LogP contribution is 2.38. The van der Waals surface area contributed by atoms with E-state index >= 15 is 0 Å². The maximum absolute atomic E-state index is 13.8. The van der Waals surface area contributed by atoms with Gasteiger partial charge in [-0.05, 0) is 70.4 Å². The fourth-order valence-electron chi connectivity index (χ4n) is 5.12. The van der Waals surface area contributed by atoms with Crippen molar-refractivity contribution < 1.29 is 14.4 Å². The molecule has 0 radical (unpaired) electrons. The first-order valence-corrected chi connectivity index (χ1v) is 16.4. The summed E-state index contributed by atoms with van der Waals surface area (Å²) in [7, 11) is 0. The Hall–Kier alpha value is -5.63. The number of benzene rings is 6. The molecule has 1 atom stereocenters. The van der Waals surface area contributed by atoms with Crippen LogP contribution in [0.2, 0.25) is 5.02 Å². The van der Waals surface area contributed by atoms with Crippen LogP contribution in [0.3, 0.4) is 0 Å². The number of rotatable bonds is 10. The maximum Gasteiger partial charge on any atom is 0.272 e. The van der Waals surface area contributed by atoms with E-state index in [0.29, 0.717) is 22.0 Å². The van der Waals surface area contributed by atoms with E-state index in [0.717, 1.165) is 26.8 Å². The molecule has 6 nitrogen and oxygen atoms in total. The van der Waals surface area contributed by atoms with Crippen LogP contribution >= 0.6 is 23.4 Å². The molecule has 236 valence electrons. The Kier molecular flexibility index (Phi) is 10.3. The van der Waals surface area contributed by atoms with Crippen molar-refractivity contribution in [3.63, 3.8) is 0 Å². The molecule has 0 bridgehead atoms. The lowest BCUT2D eigenvalue weighted by Gasteiger charge is -2.18. The molecular weight excluding hydrogens is 638 g/mol. The van der Waals surface area contributed by atoms with Gasteiger partial charge in [0.05, 0.1) is 10.7 Å². The first kappa shape index (κ1) is 32.3. The molecule has 3 amide bonds. The SMILES string of the molecule is O=C(Nc1cccc(SC(C(=O)Nc2ccccc2Cl)c2ccccc2)c1)/C(=C\c1cccc2ccccc12)NC(=O)c1ccccc1. The van der Waals surface area contributed by atoms with E-state index in [4.69, 9.17) is 11.6 Å². The van der Waals surface area contributed by atoms with Crippen LogP contribution < -0.4 is 16.0 Å². The molecule has 0 aliphatic rings. The summed E-state index contributed by atoms with van der Waals surface area (Å²) in [6, 6.07) is 46.2. The minimum absolute atomic E-state index is 0.0829. The number of nitrogens with one attached hydrogen (secondary N) is 3. The zero-order valence-electron chi connectivity index (χ0n) is 25.6. The molecule has 6 aromatic carbocycles. The van der Waals surface area contributed by atoms with Crippen LogP contribution in [0.4, 0.5) is 11.4 Å². The quantitative estimate of drug-likeness (QED) is 0.100. The van der Waals surface area contributed by atoms with E-state index in [9.17, 15) is 14.4 Å². The summed E-state index contributed by atoms with van der Waals surface area (Å²) in [5.74, 6) is -1.14. The molecule has 1 unspecified atom stereocenters. The van der Waals surface area contributed by atoms with E-state index in [2.05, 4.69) is 16.0 Å². The number of carbonyl (C=O) groups excluding carboxylic acids is 3. The lowest BCUT2D eigenvalue weighted by molar-refractivity contribution is -0.116. The Balaban J connectivity index is 1.27. The molecule has 8 heteroatoms. The molecule has 48 heavy (non-hydrogen) atoms. The molecule has 0 aliphatic heterocycles. The van der Waals surface area contributed by atoms with Gasteiger partial charge in [-0.15, -0.1) is 11.8 Å². The smallest absolute Gasteiger partial charge is 0.272 e. The topological polar surface area (TPSA) is 87.3 Å². The Morgan fingerprint density at radius 2 is 1.33 bits per heavy atom. The van der Waals surface area contributed by atoms with E-state index in [-0.39, 0.29) is 11.6 Å². The number of hydrogen-bond acceptors (Lipinski definition) is 4. The van der Waals surface area contributed by atoms with Gasteiger partial charge in [-0.25, -0.2) is 0 Å². The second-order valence-corrected chi connectivity index (χ2v) is 12.4. The molecule has 6 rings (SSSR count). The Labute approximate surface area is 287 Å². The van der Waals surface area contributed by atoms with Gasteiger partial charge in [0.1, 0.15) is 10.9 Å². The third kappa shape index (κ3) is 8.01. The average Bonchev–Trinajstić information content (AvgIpc) is 3.12. The van der Waals surface area contributed by atoms with Crippen molar-refractivity contribution in [3.8, 4) is 0 Å². The van der Waals surface area contributed by atoms with Gasteiger partial charge in [0.15, 0.2) is 0 Å². The predicted octanol–water partition coefficient (Wildman–Crippen LogP) is 9.37. The molecule has 3 N–H and O–H groups in total. The number of carbonyl (C=O) groups is 3. The van der Waals surface area contributed by atoms with Gasteiger partial charge in [0.25, 0.3) is 11.8 Å². The molecule has 6 aromatic rings. The summed E-state index contributed by atoms with van der Waals surface area (Å²) in [6.45, 7) is 0. The van der Waals surface area contributed by atoms with Crippen LogP contribution in [0.5, 0.6) is 0 Å². The summed E-state index contributed by atoms with van der Waals surface area (Å²) < 4.78 is 0. The summed E-state index contributed by atoms with van der Waals surface area (Å²) in [5, 5.41) is 10.5. The number of halogens is 1. The number of anilines is 2. The van der Waals surface area contributed by atoms with Crippen LogP contribution in [-0.4, -0.2) is 17.7 Å².